The minimum atomic E-state index is -0.109. The third-order valence-electron chi connectivity index (χ3n) is 2.72. The standard InChI is InChI=1S/C11H18N4OS/c1-2-12-11-15-14-10(17-11)9(16)13-7-3-4-8-5-6-8/h8H,2-7H2,1H3,(H,12,15)(H,13,16). The molecular formula is C11H18N4OS. The predicted octanol–water partition coefficient (Wildman–Crippen LogP) is 1.89. The van der Waals surface area contributed by atoms with Crippen LogP contribution < -0.4 is 10.6 Å². The number of carbonyl (C=O) groups is 1. The van der Waals surface area contributed by atoms with Crippen molar-refractivity contribution in [1.29, 1.82) is 0 Å². The zero-order valence-corrected chi connectivity index (χ0v) is 10.8. The first-order chi connectivity index (χ1) is 8.29. The fraction of sp³-hybridized carbons (Fsp3) is 0.727. The number of nitrogens with one attached hydrogen (secondary N) is 2. The molecule has 6 heteroatoms. The van der Waals surface area contributed by atoms with E-state index in [9.17, 15) is 4.79 Å². The first-order valence-corrected chi connectivity index (χ1v) is 6.97. The van der Waals surface area contributed by atoms with E-state index in [1.165, 1.54) is 30.6 Å². The molecule has 1 aliphatic rings. The smallest absolute Gasteiger partial charge is 0.282 e. The maximum atomic E-state index is 11.7. The number of rotatable bonds is 7. The van der Waals surface area contributed by atoms with Gasteiger partial charge in [-0.25, -0.2) is 0 Å². The molecule has 0 bridgehead atoms. The Morgan fingerprint density at radius 2 is 2.29 bits per heavy atom. The first-order valence-electron chi connectivity index (χ1n) is 6.15. The molecule has 17 heavy (non-hydrogen) atoms. The molecule has 1 aromatic rings. The number of nitrogens with zero attached hydrogens (tertiary/aromatic N) is 2. The lowest BCUT2D eigenvalue weighted by Crippen LogP contribution is -2.24. The average molecular weight is 254 g/mol. The van der Waals surface area contributed by atoms with Gasteiger partial charge in [-0.1, -0.05) is 24.2 Å². The van der Waals surface area contributed by atoms with E-state index in [2.05, 4.69) is 20.8 Å². The van der Waals surface area contributed by atoms with Crippen molar-refractivity contribution in [1.82, 2.24) is 15.5 Å². The van der Waals surface area contributed by atoms with E-state index in [1.807, 2.05) is 6.92 Å². The summed E-state index contributed by atoms with van der Waals surface area (Å²) in [5, 5.41) is 14.8. The first kappa shape index (κ1) is 12.3. The Bertz CT molecular complexity index is 375. The quantitative estimate of drug-likeness (QED) is 0.729. The molecule has 1 heterocycles. The van der Waals surface area contributed by atoms with Crippen molar-refractivity contribution >= 4 is 22.4 Å². The van der Waals surface area contributed by atoms with Gasteiger partial charge < -0.3 is 10.6 Å². The third-order valence-corrected chi connectivity index (χ3v) is 3.60. The van der Waals surface area contributed by atoms with Gasteiger partial charge in [0, 0.05) is 13.1 Å². The molecule has 2 N–H and O–H groups in total. The van der Waals surface area contributed by atoms with Crippen LogP contribution in [0.25, 0.3) is 0 Å². The predicted molar refractivity (Wildman–Crippen MR) is 68.4 cm³/mol. The molecule has 0 unspecified atom stereocenters. The van der Waals surface area contributed by atoms with Crippen LogP contribution in [-0.4, -0.2) is 29.2 Å². The molecule has 1 aliphatic carbocycles. The van der Waals surface area contributed by atoms with Crippen molar-refractivity contribution in [3.05, 3.63) is 5.01 Å². The van der Waals surface area contributed by atoms with Gasteiger partial charge in [0.1, 0.15) is 0 Å². The second kappa shape index (κ2) is 5.95. The number of hydrogen-bond acceptors (Lipinski definition) is 5. The van der Waals surface area contributed by atoms with Crippen molar-refractivity contribution in [3.63, 3.8) is 0 Å². The molecule has 2 rings (SSSR count). The van der Waals surface area contributed by atoms with Gasteiger partial charge in [0.25, 0.3) is 5.91 Å². The van der Waals surface area contributed by atoms with E-state index in [0.717, 1.165) is 25.4 Å². The number of anilines is 1. The molecule has 0 saturated heterocycles. The van der Waals surface area contributed by atoms with Crippen molar-refractivity contribution in [3.8, 4) is 0 Å². The fourth-order valence-corrected chi connectivity index (χ4v) is 2.34. The molecule has 0 atom stereocenters. The summed E-state index contributed by atoms with van der Waals surface area (Å²) in [6.45, 7) is 3.52. The number of hydrogen-bond donors (Lipinski definition) is 2. The Labute approximate surface area is 105 Å². The maximum Gasteiger partial charge on any atom is 0.282 e. The van der Waals surface area contributed by atoms with E-state index in [1.54, 1.807) is 0 Å². The van der Waals surface area contributed by atoms with E-state index in [4.69, 9.17) is 0 Å². The van der Waals surface area contributed by atoms with Crippen LogP contribution in [0.4, 0.5) is 5.13 Å². The molecule has 0 spiro atoms. The summed E-state index contributed by atoms with van der Waals surface area (Å²) in [6, 6.07) is 0. The van der Waals surface area contributed by atoms with Gasteiger partial charge in [-0.2, -0.15) is 0 Å². The molecule has 0 radical (unpaired) electrons. The molecule has 1 saturated carbocycles. The summed E-state index contributed by atoms with van der Waals surface area (Å²) in [7, 11) is 0. The Kier molecular flexibility index (Phi) is 4.30. The Morgan fingerprint density at radius 1 is 1.47 bits per heavy atom. The highest BCUT2D eigenvalue weighted by molar-refractivity contribution is 7.17. The normalized spacial score (nSPS) is 14.6. The van der Waals surface area contributed by atoms with E-state index < -0.39 is 0 Å². The van der Waals surface area contributed by atoms with Crippen LogP contribution in [0, 0.1) is 5.92 Å². The van der Waals surface area contributed by atoms with Gasteiger partial charge in [-0.05, 0) is 25.7 Å². The number of carbonyl (C=O) groups excluding carboxylic acids is 1. The minimum Gasteiger partial charge on any atom is -0.360 e. The molecule has 1 fully saturated rings. The summed E-state index contributed by atoms with van der Waals surface area (Å²) < 4.78 is 0. The summed E-state index contributed by atoms with van der Waals surface area (Å²) in [6.07, 6.45) is 5.04. The Balaban J connectivity index is 1.69. The Morgan fingerprint density at radius 3 is 3.00 bits per heavy atom. The van der Waals surface area contributed by atoms with Crippen LogP contribution in [0.2, 0.25) is 0 Å². The van der Waals surface area contributed by atoms with Crippen molar-refractivity contribution in [2.75, 3.05) is 18.4 Å². The van der Waals surface area contributed by atoms with Crippen LogP contribution >= 0.6 is 11.3 Å². The van der Waals surface area contributed by atoms with Crippen LogP contribution in [0.3, 0.4) is 0 Å². The van der Waals surface area contributed by atoms with Gasteiger partial charge in [-0.15, -0.1) is 10.2 Å². The molecule has 0 aliphatic heterocycles. The molecule has 5 nitrogen and oxygen atoms in total. The second-order valence-corrected chi connectivity index (χ2v) is 5.26. The van der Waals surface area contributed by atoms with Gasteiger partial charge in [0.2, 0.25) is 10.1 Å². The summed E-state index contributed by atoms with van der Waals surface area (Å²) in [5.41, 5.74) is 0. The largest absolute Gasteiger partial charge is 0.360 e. The average Bonchev–Trinajstić information content (AvgIpc) is 3.03. The van der Waals surface area contributed by atoms with Crippen molar-refractivity contribution < 1.29 is 4.79 Å². The number of aromatic nitrogens is 2. The van der Waals surface area contributed by atoms with Gasteiger partial charge >= 0.3 is 0 Å². The van der Waals surface area contributed by atoms with Gasteiger partial charge in [0.15, 0.2) is 0 Å². The molecule has 1 amide bonds. The van der Waals surface area contributed by atoms with Crippen molar-refractivity contribution in [2.24, 2.45) is 5.92 Å². The maximum absolute atomic E-state index is 11.7. The lowest BCUT2D eigenvalue weighted by molar-refractivity contribution is 0.0951. The Hall–Kier alpha value is -1.17. The summed E-state index contributed by atoms with van der Waals surface area (Å²) >= 11 is 1.30. The summed E-state index contributed by atoms with van der Waals surface area (Å²) in [5.74, 6) is 0.816. The molecular weight excluding hydrogens is 236 g/mol. The van der Waals surface area contributed by atoms with Crippen molar-refractivity contribution in [2.45, 2.75) is 32.6 Å². The monoisotopic (exact) mass is 254 g/mol. The van der Waals surface area contributed by atoms with E-state index in [-0.39, 0.29) is 5.91 Å². The highest BCUT2D eigenvalue weighted by Gasteiger charge is 2.20. The van der Waals surface area contributed by atoms with E-state index >= 15 is 0 Å². The lowest BCUT2D eigenvalue weighted by atomic mass is 10.2. The topological polar surface area (TPSA) is 66.9 Å². The summed E-state index contributed by atoms with van der Waals surface area (Å²) in [4.78, 5) is 11.7. The number of amides is 1. The molecule has 1 aromatic heterocycles. The SMILES string of the molecule is CCNc1nnc(C(=O)NCCCC2CC2)s1. The zero-order chi connectivity index (χ0) is 12.1. The van der Waals surface area contributed by atoms with Gasteiger partial charge in [0.05, 0.1) is 0 Å². The zero-order valence-electron chi connectivity index (χ0n) is 10.0. The lowest BCUT2D eigenvalue weighted by Gasteiger charge is -2.01. The third kappa shape index (κ3) is 3.96. The molecule has 94 valence electrons. The van der Waals surface area contributed by atoms with Crippen LogP contribution in [0.5, 0.6) is 0 Å². The van der Waals surface area contributed by atoms with Crippen LogP contribution in [0.15, 0.2) is 0 Å². The molecule has 0 aromatic carbocycles. The van der Waals surface area contributed by atoms with Crippen LogP contribution in [0.1, 0.15) is 42.4 Å². The van der Waals surface area contributed by atoms with Crippen LogP contribution in [-0.2, 0) is 0 Å². The highest BCUT2D eigenvalue weighted by Crippen LogP contribution is 2.33. The second-order valence-electron chi connectivity index (χ2n) is 4.28. The van der Waals surface area contributed by atoms with E-state index in [0.29, 0.717) is 10.1 Å². The minimum absolute atomic E-state index is 0.109. The van der Waals surface area contributed by atoms with Gasteiger partial charge in [-0.3, -0.25) is 4.79 Å². The highest BCUT2D eigenvalue weighted by atomic mass is 32.1. The fourth-order valence-electron chi connectivity index (χ4n) is 1.61.